The van der Waals surface area contributed by atoms with Gasteiger partial charge in [-0.3, -0.25) is 4.79 Å². The van der Waals surface area contributed by atoms with Gasteiger partial charge in [-0.2, -0.15) is 0 Å². The average molecular weight is 457 g/mol. The first-order valence-electron chi connectivity index (χ1n) is 10.5. The van der Waals surface area contributed by atoms with Gasteiger partial charge in [-0.15, -0.1) is 16.8 Å². The predicted octanol–water partition coefficient (Wildman–Crippen LogP) is 5.58. The summed E-state index contributed by atoms with van der Waals surface area (Å²) in [4.78, 5) is 12.6. The summed E-state index contributed by atoms with van der Waals surface area (Å²) >= 11 is 1.35. The molecule has 166 valence electrons. The Morgan fingerprint density at radius 2 is 1.70 bits per heavy atom. The van der Waals surface area contributed by atoms with E-state index in [9.17, 15) is 4.79 Å². The second-order valence-corrected chi connectivity index (χ2v) is 8.18. The molecular weight excluding hydrogens is 432 g/mol. The maximum Gasteiger partial charge on any atom is 0.234 e. The van der Waals surface area contributed by atoms with Crippen LogP contribution in [0.5, 0.6) is 11.5 Å². The van der Waals surface area contributed by atoms with Crippen LogP contribution < -0.4 is 10.1 Å². The molecule has 0 saturated heterocycles. The zero-order valence-electron chi connectivity index (χ0n) is 18.1. The van der Waals surface area contributed by atoms with E-state index in [2.05, 4.69) is 34.2 Å². The monoisotopic (exact) mass is 456 g/mol. The third-order valence-electron chi connectivity index (χ3n) is 4.74. The van der Waals surface area contributed by atoms with Gasteiger partial charge in [0.15, 0.2) is 5.16 Å². The minimum absolute atomic E-state index is 0.130. The van der Waals surface area contributed by atoms with Crippen LogP contribution in [0.2, 0.25) is 0 Å². The molecule has 0 atom stereocenters. The fourth-order valence-electron chi connectivity index (χ4n) is 3.24. The molecule has 1 heterocycles. The summed E-state index contributed by atoms with van der Waals surface area (Å²) in [6.45, 7) is 4.42. The van der Waals surface area contributed by atoms with Crippen LogP contribution in [-0.4, -0.2) is 26.4 Å². The fourth-order valence-corrected chi connectivity index (χ4v) is 4.00. The number of carbonyl (C=O) groups is 1. The SMILES string of the molecule is C=CCn1c(Cc2ccccc2)nnc1SCC(=O)Nc1cccc(Oc2ccccc2)c1. The molecule has 0 aliphatic carbocycles. The number of rotatable bonds is 10. The third kappa shape index (κ3) is 6.33. The number of carbonyl (C=O) groups excluding carboxylic acids is 1. The molecule has 0 spiro atoms. The van der Waals surface area contributed by atoms with Gasteiger partial charge in [-0.05, 0) is 29.8 Å². The van der Waals surface area contributed by atoms with Crippen molar-refractivity contribution in [1.82, 2.24) is 14.8 Å². The molecule has 0 bridgehead atoms. The van der Waals surface area contributed by atoms with E-state index in [1.807, 2.05) is 71.3 Å². The van der Waals surface area contributed by atoms with Crippen molar-refractivity contribution in [3.63, 3.8) is 0 Å². The highest BCUT2D eigenvalue weighted by Crippen LogP contribution is 2.24. The van der Waals surface area contributed by atoms with Crippen molar-refractivity contribution in [2.24, 2.45) is 0 Å². The molecule has 1 amide bonds. The number of nitrogens with zero attached hydrogens (tertiary/aromatic N) is 3. The van der Waals surface area contributed by atoms with Crippen LogP contribution in [0, 0.1) is 0 Å². The van der Waals surface area contributed by atoms with Crippen LogP contribution in [0.4, 0.5) is 5.69 Å². The Bertz CT molecular complexity index is 1210. The van der Waals surface area contributed by atoms with Crippen molar-refractivity contribution in [2.45, 2.75) is 18.1 Å². The molecule has 6 nitrogen and oxygen atoms in total. The predicted molar refractivity (Wildman–Crippen MR) is 132 cm³/mol. The molecule has 1 N–H and O–H groups in total. The van der Waals surface area contributed by atoms with Crippen molar-refractivity contribution in [2.75, 3.05) is 11.1 Å². The zero-order chi connectivity index (χ0) is 22.9. The van der Waals surface area contributed by atoms with E-state index < -0.39 is 0 Å². The smallest absolute Gasteiger partial charge is 0.234 e. The number of amides is 1. The molecule has 1 aromatic heterocycles. The molecule has 0 unspecified atom stereocenters. The Hall–Kier alpha value is -3.84. The molecule has 7 heteroatoms. The minimum Gasteiger partial charge on any atom is -0.457 e. The highest BCUT2D eigenvalue weighted by molar-refractivity contribution is 7.99. The molecular formula is C26H24N4O2S. The summed E-state index contributed by atoms with van der Waals surface area (Å²) in [6.07, 6.45) is 2.48. The van der Waals surface area contributed by atoms with Gasteiger partial charge in [-0.25, -0.2) is 0 Å². The Labute approximate surface area is 197 Å². The molecule has 0 aliphatic rings. The number of anilines is 1. The lowest BCUT2D eigenvalue weighted by Gasteiger charge is -2.10. The van der Waals surface area contributed by atoms with Crippen LogP contribution in [0.15, 0.2) is 103 Å². The molecule has 0 radical (unpaired) electrons. The summed E-state index contributed by atoms with van der Waals surface area (Å²) in [5.41, 5.74) is 1.83. The van der Waals surface area contributed by atoms with Crippen molar-refractivity contribution in [1.29, 1.82) is 0 Å². The van der Waals surface area contributed by atoms with Gasteiger partial charge in [-0.1, -0.05) is 72.4 Å². The van der Waals surface area contributed by atoms with E-state index in [-0.39, 0.29) is 11.7 Å². The van der Waals surface area contributed by atoms with Crippen LogP contribution in [0.25, 0.3) is 0 Å². The van der Waals surface area contributed by atoms with Crippen LogP contribution in [0.3, 0.4) is 0 Å². The van der Waals surface area contributed by atoms with E-state index in [0.717, 1.165) is 17.1 Å². The van der Waals surface area contributed by atoms with Crippen LogP contribution >= 0.6 is 11.8 Å². The number of benzene rings is 3. The summed E-state index contributed by atoms with van der Waals surface area (Å²) < 4.78 is 7.83. The fraction of sp³-hybridized carbons (Fsp3) is 0.115. The quantitative estimate of drug-likeness (QED) is 0.249. The Morgan fingerprint density at radius 1 is 0.970 bits per heavy atom. The lowest BCUT2D eigenvalue weighted by atomic mass is 10.1. The van der Waals surface area contributed by atoms with Crippen molar-refractivity contribution >= 4 is 23.4 Å². The highest BCUT2D eigenvalue weighted by atomic mass is 32.2. The van der Waals surface area contributed by atoms with Gasteiger partial charge >= 0.3 is 0 Å². The molecule has 4 aromatic rings. The van der Waals surface area contributed by atoms with Crippen molar-refractivity contribution in [3.8, 4) is 11.5 Å². The van der Waals surface area contributed by atoms with Crippen molar-refractivity contribution < 1.29 is 9.53 Å². The first-order chi connectivity index (χ1) is 16.2. The summed E-state index contributed by atoms with van der Waals surface area (Å²) in [5.74, 6) is 2.32. The number of nitrogens with one attached hydrogen (secondary N) is 1. The lowest BCUT2D eigenvalue weighted by Crippen LogP contribution is -2.14. The number of para-hydroxylation sites is 1. The standard InChI is InChI=1S/C26H24N4O2S/c1-2-16-30-24(17-20-10-5-3-6-11-20)28-29-26(30)33-19-25(31)27-21-12-9-15-23(18-21)32-22-13-7-4-8-14-22/h2-15,18H,1,16-17,19H2,(H,27,31). The molecule has 3 aromatic carbocycles. The summed E-state index contributed by atoms with van der Waals surface area (Å²) in [5, 5.41) is 12.2. The van der Waals surface area contributed by atoms with Gasteiger partial charge in [0.1, 0.15) is 17.3 Å². The molecule has 0 saturated carbocycles. The van der Waals surface area contributed by atoms with Gasteiger partial charge < -0.3 is 14.6 Å². The number of thioether (sulfide) groups is 1. The van der Waals surface area contributed by atoms with Gasteiger partial charge in [0.25, 0.3) is 0 Å². The first-order valence-corrected chi connectivity index (χ1v) is 11.5. The topological polar surface area (TPSA) is 69.0 Å². The zero-order valence-corrected chi connectivity index (χ0v) is 18.9. The second kappa shape index (κ2) is 11.2. The van der Waals surface area contributed by atoms with Crippen molar-refractivity contribution in [3.05, 3.63) is 109 Å². The number of hydrogen-bond donors (Lipinski definition) is 1. The van der Waals surface area contributed by atoms with Gasteiger partial charge in [0, 0.05) is 24.7 Å². The largest absolute Gasteiger partial charge is 0.457 e. The van der Waals surface area contributed by atoms with Gasteiger partial charge in [0.05, 0.1) is 5.75 Å². The Balaban J connectivity index is 1.37. The van der Waals surface area contributed by atoms with Crippen LogP contribution in [-0.2, 0) is 17.8 Å². The van der Waals surface area contributed by atoms with E-state index in [1.165, 1.54) is 11.8 Å². The Morgan fingerprint density at radius 3 is 2.45 bits per heavy atom. The lowest BCUT2D eigenvalue weighted by molar-refractivity contribution is -0.113. The maximum absolute atomic E-state index is 12.6. The van der Waals surface area contributed by atoms with E-state index in [0.29, 0.717) is 29.6 Å². The first kappa shape index (κ1) is 22.4. The number of aromatic nitrogens is 3. The number of allylic oxidation sites excluding steroid dienone is 1. The molecule has 33 heavy (non-hydrogen) atoms. The average Bonchev–Trinajstić information content (AvgIpc) is 3.20. The maximum atomic E-state index is 12.6. The number of ether oxygens (including phenoxy) is 1. The minimum atomic E-state index is -0.130. The number of hydrogen-bond acceptors (Lipinski definition) is 5. The molecule has 0 aliphatic heterocycles. The Kier molecular flexibility index (Phi) is 7.56. The summed E-state index contributed by atoms with van der Waals surface area (Å²) in [7, 11) is 0. The normalized spacial score (nSPS) is 10.5. The summed E-state index contributed by atoms with van der Waals surface area (Å²) in [6, 6.07) is 27.0. The van der Waals surface area contributed by atoms with E-state index >= 15 is 0 Å². The van der Waals surface area contributed by atoms with Gasteiger partial charge in [0.2, 0.25) is 5.91 Å². The van der Waals surface area contributed by atoms with E-state index in [4.69, 9.17) is 4.74 Å². The van der Waals surface area contributed by atoms with E-state index in [1.54, 1.807) is 12.1 Å². The third-order valence-corrected chi connectivity index (χ3v) is 5.71. The highest BCUT2D eigenvalue weighted by Gasteiger charge is 2.14. The molecule has 4 rings (SSSR count). The van der Waals surface area contributed by atoms with Crippen LogP contribution in [0.1, 0.15) is 11.4 Å². The second-order valence-electron chi connectivity index (χ2n) is 7.24. The molecule has 0 fully saturated rings.